The number of halogens is 5. The van der Waals surface area contributed by atoms with Crippen LogP contribution in [0.15, 0.2) is 16.7 Å². The van der Waals surface area contributed by atoms with Gasteiger partial charge < -0.3 is 4.90 Å². The van der Waals surface area contributed by atoms with Crippen molar-refractivity contribution in [2.75, 3.05) is 16.8 Å². The van der Waals surface area contributed by atoms with Gasteiger partial charge in [0.15, 0.2) is 0 Å². The van der Waals surface area contributed by atoms with Gasteiger partial charge in [0.05, 0.1) is 5.56 Å². The molecule has 2 heterocycles. The highest BCUT2D eigenvalue weighted by Gasteiger charge is 2.40. The van der Waals surface area contributed by atoms with Gasteiger partial charge in [-0.2, -0.15) is 13.2 Å². The molecule has 0 amide bonds. The van der Waals surface area contributed by atoms with Gasteiger partial charge in [-0.1, -0.05) is 22.9 Å². The SMILES string of the molecule is CC1CCN(c2ncc(Br)cc2C(F)(F)F)C1CBr. The van der Waals surface area contributed by atoms with Gasteiger partial charge in [-0.3, -0.25) is 0 Å². The summed E-state index contributed by atoms with van der Waals surface area (Å²) in [6, 6.07) is 1.14. The minimum atomic E-state index is -4.39. The van der Waals surface area contributed by atoms with Crippen LogP contribution in [-0.2, 0) is 6.18 Å². The zero-order chi connectivity index (χ0) is 14.2. The van der Waals surface area contributed by atoms with Gasteiger partial charge in [-0.05, 0) is 34.3 Å². The van der Waals surface area contributed by atoms with E-state index in [1.807, 2.05) is 0 Å². The molecule has 0 N–H and O–H groups in total. The van der Waals surface area contributed by atoms with E-state index in [2.05, 4.69) is 43.8 Å². The Morgan fingerprint density at radius 1 is 1.47 bits per heavy atom. The van der Waals surface area contributed by atoms with Crippen molar-refractivity contribution in [3.63, 3.8) is 0 Å². The number of aromatic nitrogens is 1. The highest BCUT2D eigenvalue weighted by atomic mass is 79.9. The molecule has 0 radical (unpaired) electrons. The van der Waals surface area contributed by atoms with Gasteiger partial charge in [0.25, 0.3) is 0 Å². The number of rotatable bonds is 2. The van der Waals surface area contributed by atoms with Crippen LogP contribution in [0.3, 0.4) is 0 Å². The van der Waals surface area contributed by atoms with Crippen LogP contribution in [0.2, 0.25) is 0 Å². The molecule has 1 aliphatic rings. The normalized spacial score (nSPS) is 24.0. The van der Waals surface area contributed by atoms with Crippen molar-refractivity contribution in [1.82, 2.24) is 4.98 Å². The van der Waals surface area contributed by atoms with E-state index < -0.39 is 11.7 Å². The van der Waals surface area contributed by atoms with E-state index in [0.29, 0.717) is 22.3 Å². The second-order valence-corrected chi connectivity index (χ2v) is 6.27. The summed E-state index contributed by atoms with van der Waals surface area (Å²) < 4.78 is 39.7. The first-order valence-corrected chi connectivity index (χ1v) is 7.81. The van der Waals surface area contributed by atoms with Crippen molar-refractivity contribution in [2.24, 2.45) is 5.92 Å². The molecule has 1 aromatic heterocycles. The number of alkyl halides is 4. The third-order valence-corrected chi connectivity index (χ3v) is 4.55. The van der Waals surface area contributed by atoms with Gasteiger partial charge >= 0.3 is 6.18 Å². The Morgan fingerprint density at radius 3 is 2.74 bits per heavy atom. The molecule has 1 saturated heterocycles. The van der Waals surface area contributed by atoms with E-state index in [-0.39, 0.29) is 11.9 Å². The zero-order valence-corrected chi connectivity index (χ0v) is 13.4. The van der Waals surface area contributed by atoms with E-state index in [4.69, 9.17) is 0 Å². The van der Waals surface area contributed by atoms with Crippen LogP contribution in [0, 0.1) is 5.92 Å². The highest BCUT2D eigenvalue weighted by molar-refractivity contribution is 9.10. The van der Waals surface area contributed by atoms with Crippen LogP contribution in [0.4, 0.5) is 19.0 Å². The van der Waals surface area contributed by atoms with E-state index in [0.717, 1.165) is 12.5 Å². The molecule has 106 valence electrons. The van der Waals surface area contributed by atoms with E-state index >= 15 is 0 Å². The summed E-state index contributed by atoms with van der Waals surface area (Å²) in [6.45, 7) is 2.66. The summed E-state index contributed by atoms with van der Waals surface area (Å²) in [6.07, 6.45) is -2.10. The van der Waals surface area contributed by atoms with Crippen LogP contribution in [0.25, 0.3) is 0 Å². The number of pyridine rings is 1. The molecule has 19 heavy (non-hydrogen) atoms. The fourth-order valence-corrected chi connectivity index (χ4v) is 3.69. The van der Waals surface area contributed by atoms with Crippen LogP contribution in [-0.4, -0.2) is 22.9 Å². The number of hydrogen-bond donors (Lipinski definition) is 0. The zero-order valence-electron chi connectivity index (χ0n) is 10.2. The minimum Gasteiger partial charge on any atom is -0.352 e. The molecular formula is C12H13Br2F3N2. The first-order valence-electron chi connectivity index (χ1n) is 5.90. The van der Waals surface area contributed by atoms with Crippen LogP contribution in [0.1, 0.15) is 18.9 Å². The lowest BCUT2D eigenvalue weighted by Crippen LogP contribution is -2.35. The highest BCUT2D eigenvalue weighted by Crippen LogP contribution is 2.40. The number of hydrogen-bond acceptors (Lipinski definition) is 2. The predicted molar refractivity (Wildman–Crippen MR) is 75.6 cm³/mol. The molecule has 2 atom stereocenters. The Bertz CT molecular complexity index is 465. The Kier molecular flexibility index (Phi) is 4.45. The molecule has 2 rings (SSSR count). The van der Waals surface area contributed by atoms with Gasteiger partial charge in [0.1, 0.15) is 5.82 Å². The third kappa shape index (κ3) is 3.07. The van der Waals surface area contributed by atoms with Crippen molar-refractivity contribution < 1.29 is 13.2 Å². The number of nitrogens with zero attached hydrogens (tertiary/aromatic N) is 2. The molecule has 1 fully saturated rings. The Labute approximate surface area is 126 Å². The Balaban J connectivity index is 2.45. The van der Waals surface area contributed by atoms with Gasteiger partial charge in [-0.15, -0.1) is 0 Å². The second-order valence-electron chi connectivity index (χ2n) is 4.70. The second kappa shape index (κ2) is 5.60. The lowest BCUT2D eigenvalue weighted by atomic mass is 10.1. The van der Waals surface area contributed by atoms with E-state index in [1.165, 1.54) is 6.20 Å². The van der Waals surface area contributed by atoms with Crippen LogP contribution < -0.4 is 4.90 Å². The molecule has 0 aliphatic carbocycles. The average molecular weight is 402 g/mol. The predicted octanol–water partition coefficient (Wildman–Crippen LogP) is 4.47. The molecule has 0 saturated carbocycles. The van der Waals surface area contributed by atoms with Crippen LogP contribution >= 0.6 is 31.9 Å². The molecule has 0 aromatic carbocycles. The summed E-state index contributed by atoms with van der Waals surface area (Å²) in [5, 5.41) is 0.642. The van der Waals surface area contributed by atoms with Gasteiger partial charge in [-0.25, -0.2) is 4.98 Å². The van der Waals surface area contributed by atoms with E-state index in [9.17, 15) is 13.2 Å². The standard InChI is InChI=1S/C12H13Br2F3N2/c1-7-2-3-19(10(7)5-13)11-9(12(15,16)17)4-8(14)6-18-11/h4,6-7,10H,2-3,5H2,1H3. The van der Waals surface area contributed by atoms with Crippen molar-refractivity contribution in [2.45, 2.75) is 25.6 Å². The van der Waals surface area contributed by atoms with E-state index in [1.54, 1.807) is 4.90 Å². The molecule has 0 bridgehead atoms. The van der Waals surface area contributed by atoms with Gasteiger partial charge in [0.2, 0.25) is 0 Å². The molecule has 1 aromatic rings. The third-order valence-electron chi connectivity index (χ3n) is 3.45. The van der Waals surface area contributed by atoms with Crippen molar-refractivity contribution in [1.29, 1.82) is 0 Å². The van der Waals surface area contributed by atoms with Crippen molar-refractivity contribution in [3.05, 3.63) is 22.3 Å². The summed E-state index contributed by atoms with van der Waals surface area (Å²) in [7, 11) is 0. The van der Waals surface area contributed by atoms with Crippen molar-refractivity contribution >= 4 is 37.7 Å². The lowest BCUT2D eigenvalue weighted by Gasteiger charge is -2.28. The van der Waals surface area contributed by atoms with Gasteiger partial charge in [0, 0.05) is 28.6 Å². The Hall–Kier alpha value is -0.300. The number of anilines is 1. The largest absolute Gasteiger partial charge is 0.419 e. The molecule has 0 spiro atoms. The molecule has 2 nitrogen and oxygen atoms in total. The Morgan fingerprint density at radius 2 is 2.16 bits per heavy atom. The monoisotopic (exact) mass is 400 g/mol. The van der Waals surface area contributed by atoms with Crippen LogP contribution in [0.5, 0.6) is 0 Å². The maximum atomic E-state index is 13.1. The molecule has 1 aliphatic heterocycles. The summed E-state index contributed by atoms with van der Waals surface area (Å²) in [5.74, 6) is 0.385. The molecular weight excluding hydrogens is 389 g/mol. The first kappa shape index (κ1) is 15.1. The minimum absolute atomic E-state index is 0.0319. The smallest absolute Gasteiger partial charge is 0.352 e. The first-order chi connectivity index (χ1) is 8.84. The molecule has 2 unspecified atom stereocenters. The maximum Gasteiger partial charge on any atom is 0.419 e. The summed E-state index contributed by atoms with van der Waals surface area (Å²) in [5.41, 5.74) is -0.679. The summed E-state index contributed by atoms with van der Waals surface area (Å²) in [4.78, 5) is 5.76. The topological polar surface area (TPSA) is 16.1 Å². The maximum absolute atomic E-state index is 13.1. The quantitative estimate of drug-likeness (QED) is 0.679. The summed E-state index contributed by atoms with van der Waals surface area (Å²) >= 11 is 6.43. The average Bonchev–Trinajstić information content (AvgIpc) is 2.69. The fraction of sp³-hybridized carbons (Fsp3) is 0.583. The fourth-order valence-electron chi connectivity index (χ4n) is 2.38. The van der Waals surface area contributed by atoms with Crippen molar-refractivity contribution in [3.8, 4) is 0 Å². The molecule has 7 heteroatoms. The lowest BCUT2D eigenvalue weighted by molar-refractivity contribution is -0.137.